The van der Waals surface area contributed by atoms with Crippen LogP contribution in [0.5, 0.6) is 0 Å². The highest BCUT2D eigenvalue weighted by Gasteiger charge is 2.09. The lowest BCUT2D eigenvalue weighted by Gasteiger charge is -2.10. The number of nitrogens with one attached hydrogen (secondary N) is 1. The number of methoxy groups -OCH3 is 1. The Kier molecular flexibility index (Phi) is 3.84. The molecule has 3 N–H and O–H groups in total. The number of carbonyl (C=O) groups is 1. The molecule has 0 unspecified atom stereocenters. The number of anilines is 3. The molecule has 0 bridgehead atoms. The number of rotatable bonds is 3. The van der Waals surface area contributed by atoms with Gasteiger partial charge in [0.25, 0.3) is 0 Å². The van der Waals surface area contributed by atoms with Gasteiger partial charge in [-0.15, -0.1) is 0 Å². The normalized spacial score (nSPS) is 10.2. The van der Waals surface area contributed by atoms with Crippen molar-refractivity contribution >= 4 is 23.0 Å². The maximum atomic E-state index is 13.1. The molecule has 6 heteroatoms. The van der Waals surface area contributed by atoms with Gasteiger partial charge in [0.2, 0.25) is 0 Å². The molecule has 0 aliphatic rings. The zero-order valence-corrected chi connectivity index (χ0v) is 10.6. The Morgan fingerprint density at radius 2 is 1.80 bits per heavy atom. The van der Waals surface area contributed by atoms with Gasteiger partial charge in [0.05, 0.1) is 24.0 Å². The summed E-state index contributed by atoms with van der Waals surface area (Å²) in [5.74, 6) is -1.91. The van der Waals surface area contributed by atoms with Crippen molar-refractivity contribution in [2.75, 3.05) is 18.2 Å². The van der Waals surface area contributed by atoms with Gasteiger partial charge in [0.1, 0.15) is 11.6 Å². The summed E-state index contributed by atoms with van der Waals surface area (Å²) in [6.07, 6.45) is 0. The fourth-order valence-electron chi connectivity index (χ4n) is 1.70. The van der Waals surface area contributed by atoms with E-state index < -0.39 is 17.6 Å². The molecule has 2 aromatic carbocycles. The third kappa shape index (κ3) is 3.03. The number of nitrogen functional groups attached to an aromatic ring is 1. The van der Waals surface area contributed by atoms with Crippen LogP contribution in [-0.4, -0.2) is 13.1 Å². The van der Waals surface area contributed by atoms with E-state index in [-0.39, 0.29) is 11.4 Å². The minimum Gasteiger partial charge on any atom is -0.465 e. The molecular weight excluding hydrogens is 266 g/mol. The first-order valence-electron chi connectivity index (χ1n) is 5.70. The lowest BCUT2D eigenvalue weighted by atomic mass is 10.1. The Balaban J connectivity index is 2.27. The molecule has 0 saturated heterocycles. The Morgan fingerprint density at radius 1 is 1.15 bits per heavy atom. The third-order valence-corrected chi connectivity index (χ3v) is 2.61. The summed E-state index contributed by atoms with van der Waals surface area (Å²) in [7, 11) is 1.26. The molecule has 2 rings (SSSR count). The monoisotopic (exact) mass is 278 g/mol. The van der Waals surface area contributed by atoms with Crippen molar-refractivity contribution in [1.29, 1.82) is 0 Å². The zero-order valence-electron chi connectivity index (χ0n) is 10.6. The van der Waals surface area contributed by atoms with Crippen LogP contribution in [0.15, 0.2) is 36.4 Å². The maximum absolute atomic E-state index is 13.1. The van der Waals surface area contributed by atoms with E-state index in [2.05, 4.69) is 10.1 Å². The minimum absolute atomic E-state index is 0.222. The van der Waals surface area contributed by atoms with Gasteiger partial charge in [0, 0.05) is 11.8 Å². The molecular formula is C14H12F2N2O2. The summed E-state index contributed by atoms with van der Waals surface area (Å²) in [5, 5.41) is 2.78. The van der Waals surface area contributed by atoms with Crippen LogP contribution >= 0.6 is 0 Å². The quantitative estimate of drug-likeness (QED) is 0.669. The molecule has 0 aromatic heterocycles. The van der Waals surface area contributed by atoms with Crippen molar-refractivity contribution in [3.8, 4) is 0 Å². The van der Waals surface area contributed by atoms with Crippen LogP contribution in [0.3, 0.4) is 0 Å². The standard InChI is InChI=1S/C14H12F2N2O2/c1-20-14(19)8-2-3-13(12(17)4-8)18-11-6-9(15)5-10(16)7-11/h2-7,18H,17H2,1H3. The number of benzene rings is 2. The second-order valence-electron chi connectivity index (χ2n) is 4.08. The second-order valence-corrected chi connectivity index (χ2v) is 4.08. The number of esters is 1. The molecule has 20 heavy (non-hydrogen) atoms. The highest BCUT2D eigenvalue weighted by atomic mass is 19.1. The molecule has 4 nitrogen and oxygen atoms in total. The van der Waals surface area contributed by atoms with E-state index in [1.807, 2.05) is 0 Å². The summed E-state index contributed by atoms with van der Waals surface area (Å²) < 4.78 is 30.7. The molecule has 0 fully saturated rings. The molecule has 0 radical (unpaired) electrons. The molecule has 0 saturated carbocycles. The highest BCUT2D eigenvalue weighted by Crippen LogP contribution is 2.25. The first kappa shape index (κ1) is 13.8. The van der Waals surface area contributed by atoms with Gasteiger partial charge in [-0.05, 0) is 30.3 Å². The lowest BCUT2D eigenvalue weighted by molar-refractivity contribution is 0.0601. The molecule has 0 amide bonds. The largest absolute Gasteiger partial charge is 0.465 e. The maximum Gasteiger partial charge on any atom is 0.337 e. The molecule has 2 aromatic rings. The third-order valence-electron chi connectivity index (χ3n) is 2.61. The van der Waals surface area contributed by atoms with Gasteiger partial charge in [-0.2, -0.15) is 0 Å². The molecule has 0 heterocycles. The SMILES string of the molecule is COC(=O)c1ccc(Nc2cc(F)cc(F)c2)c(N)c1. The van der Waals surface area contributed by atoms with Crippen molar-refractivity contribution in [3.05, 3.63) is 53.6 Å². The number of nitrogens with two attached hydrogens (primary N) is 1. The van der Waals surface area contributed by atoms with Crippen molar-refractivity contribution in [1.82, 2.24) is 0 Å². The molecule has 0 aliphatic heterocycles. The molecule has 0 spiro atoms. The van der Waals surface area contributed by atoms with Crippen LogP contribution < -0.4 is 11.1 Å². The van der Waals surface area contributed by atoms with Crippen LogP contribution in [0.25, 0.3) is 0 Å². The second kappa shape index (κ2) is 5.56. The summed E-state index contributed by atoms with van der Waals surface area (Å²) in [5.41, 5.74) is 6.99. The predicted octanol–water partition coefficient (Wildman–Crippen LogP) is 3.08. The number of hydrogen-bond donors (Lipinski definition) is 2. The van der Waals surface area contributed by atoms with E-state index in [1.165, 1.54) is 25.3 Å². The smallest absolute Gasteiger partial charge is 0.337 e. The van der Waals surface area contributed by atoms with E-state index in [4.69, 9.17) is 5.73 Å². The summed E-state index contributed by atoms with van der Waals surface area (Å²) in [4.78, 5) is 11.3. The number of ether oxygens (including phenoxy) is 1. The van der Waals surface area contributed by atoms with Gasteiger partial charge in [-0.1, -0.05) is 0 Å². The van der Waals surface area contributed by atoms with Crippen molar-refractivity contribution in [2.24, 2.45) is 0 Å². The van der Waals surface area contributed by atoms with Crippen LogP contribution in [0.1, 0.15) is 10.4 Å². The van der Waals surface area contributed by atoms with E-state index in [9.17, 15) is 13.6 Å². The molecule has 104 valence electrons. The van der Waals surface area contributed by atoms with Crippen molar-refractivity contribution in [3.63, 3.8) is 0 Å². The fraction of sp³-hybridized carbons (Fsp3) is 0.0714. The minimum atomic E-state index is -0.697. The zero-order chi connectivity index (χ0) is 14.7. The number of carbonyl (C=O) groups excluding carboxylic acids is 1. The van der Waals surface area contributed by atoms with E-state index >= 15 is 0 Å². The van der Waals surface area contributed by atoms with Crippen LogP contribution in [0.4, 0.5) is 25.8 Å². The van der Waals surface area contributed by atoms with Crippen molar-refractivity contribution in [2.45, 2.75) is 0 Å². The summed E-state index contributed by atoms with van der Waals surface area (Å²) in [6.45, 7) is 0. The van der Waals surface area contributed by atoms with Gasteiger partial charge < -0.3 is 15.8 Å². The molecule has 0 aliphatic carbocycles. The van der Waals surface area contributed by atoms with Gasteiger partial charge in [-0.25, -0.2) is 13.6 Å². The van der Waals surface area contributed by atoms with Crippen molar-refractivity contribution < 1.29 is 18.3 Å². The summed E-state index contributed by atoms with van der Waals surface area (Å²) >= 11 is 0. The first-order valence-corrected chi connectivity index (χ1v) is 5.70. The Hall–Kier alpha value is -2.63. The van der Waals surface area contributed by atoms with Gasteiger partial charge >= 0.3 is 5.97 Å². The van der Waals surface area contributed by atoms with Crippen LogP contribution in [-0.2, 0) is 4.74 Å². The average molecular weight is 278 g/mol. The fourth-order valence-corrected chi connectivity index (χ4v) is 1.70. The summed E-state index contributed by atoms with van der Waals surface area (Å²) in [6, 6.07) is 7.50. The van der Waals surface area contributed by atoms with Crippen LogP contribution in [0.2, 0.25) is 0 Å². The van der Waals surface area contributed by atoms with E-state index in [0.717, 1.165) is 18.2 Å². The van der Waals surface area contributed by atoms with Gasteiger partial charge in [-0.3, -0.25) is 0 Å². The predicted molar refractivity (Wildman–Crippen MR) is 71.8 cm³/mol. The Bertz CT molecular complexity index is 639. The lowest BCUT2D eigenvalue weighted by Crippen LogP contribution is -2.04. The topological polar surface area (TPSA) is 64.3 Å². The highest BCUT2D eigenvalue weighted by molar-refractivity contribution is 5.92. The Labute approximate surface area is 114 Å². The average Bonchev–Trinajstić information content (AvgIpc) is 2.39. The number of hydrogen-bond acceptors (Lipinski definition) is 4. The van der Waals surface area contributed by atoms with E-state index in [1.54, 1.807) is 0 Å². The van der Waals surface area contributed by atoms with E-state index in [0.29, 0.717) is 11.3 Å². The first-order chi connectivity index (χ1) is 9.49. The molecule has 0 atom stereocenters. The van der Waals surface area contributed by atoms with Gasteiger partial charge in [0.15, 0.2) is 0 Å². The van der Waals surface area contributed by atoms with Crippen LogP contribution in [0, 0.1) is 11.6 Å². The Morgan fingerprint density at radius 3 is 2.35 bits per heavy atom. The number of halogens is 2.